The van der Waals surface area contributed by atoms with Gasteiger partial charge in [0.1, 0.15) is 0 Å². The maximum atomic E-state index is 6.12. The molecule has 96 valence electrons. The summed E-state index contributed by atoms with van der Waals surface area (Å²) in [6, 6.07) is 6.39. The monoisotopic (exact) mass is 254 g/mol. The highest BCUT2D eigenvalue weighted by molar-refractivity contribution is 6.31. The number of rotatable bonds is 6. The van der Waals surface area contributed by atoms with Crippen LogP contribution >= 0.6 is 11.6 Å². The molecule has 0 aliphatic rings. The average molecular weight is 255 g/mol. The smallest absolute Gasteiger partial charge is 0.0455 e. The topological polar surface area (TPSA) is 38.0 Å². The molecule has 0 heterocycles. The summed E-state index contributed by atoms with van der Waals surface area (Å²) in [7, 11) is 0. The third-order valence-corrected chi connectivity index (χ3v) is 3.80. The van der Waals surface area contributed by atoms with E-state index in [1.165, 1.54) is 0 Å². The van der Waals surface area contributed by atoms with Crippen LogP contribution in [-0.4, -0.2) is 12.6 Å². The molecule has 0 aliphatic heterocycles. The second-order valence-electron chi connectivity index (χ2n) is 4.53. The summed E-state index contributed by atoms with van der Waals surface area (Å²) in [6.07, 6.45) is 2.29. The van der Waals surface area contributed by atoms with E-state index in [1.54, 1.807) is 0 Å². The van der Waals surface area contributed by atoms with Gasteiger partial charge in [-0.1, -0.05) is 44.4 Å². The van der Waals surface area contributed by atoms with E-state index in [0.717, 1.165) is 29.1 Å². The lowest BCUT2D eigenvalue weighted by atomic mass is 9.94. The third kappa shape index (κ3) is 3.90. The summed E-state index contributed by atoms with van der Waals surface area (Å²) >= 11 is 6.12. The first-order chi connectivity index (χ1) is 8.12. The van der Waals surface area contributed by atoms with Gasteiger partial charge in [0.2, 0.25) is 0 Å². The molecule has 0 saturated heterocycles. The first-order valence-corrected chi connectivity index (χ1v) is 6.72. The molecule has 3 heteroatoms. The van der Waals surface area contributed by atoms with Gasteiger partial charge >= 0.3 is 0 Å². The molecule has 1 unspecified atom stereocenters. The molecule has 0 aliphatic carbocycles. The second kappa shape index (κ2) is 6.87. The summed E-state index contributed by atoms with van der Waals surface area (Å²) in [5, 5.41) is 4.29. The number of halogens is 1. The van der Waals surface area contributed by atoms with Crippen LogP contribution in [0.25, 0.3) is 0 Å². The summed E-state index contributed by atoms with van der Waals surface area (Å²) < 4.78 is 0. The molecule has 17 heavy (non-hydrogen) atoms. The van der Waals surface area contributed by atoms with Gasteiger partial charge in [0, 0.05) is 23.3 Å². The van der Waals surface area contributed by atoms with Crippen molar-refractivity contribution in [2.75, 3.05) is 11.9 Å². The highest BCUT2D eigenvalue weighted by Gasteiger charge is 2.16. The van der Waals surface area contributed by atoms with Crippen LogP contribution in [0.1, 0.15) is 32.3 Å². The van der Waals surface area contributed by atoms with Crippen molar-refractivity contribution in [3.63, 3.8) is 0 Å². The van der Waals surface area contributed by atoms with Crippen LogP contribution in [-0.2, 0) is 0 Å². The van der Waals surface area contributed by atoms with Crippen LogP contribution in [0.2, 0.25) is 5.02 Å². The zero-order valence-electron chi connectivity index (χ0n) is 11.0. The van der Waals surface area contributed by atoms with Gasteiger partial charge in [-0.05, 0) is 30.5 Å². The minimum absolute atomic E-state index is 0.323. The zero-order chi connectivity index (χ0) is 12.8. The van der Waals surface area contributed by atoms with Crippen LogP contribution in [0.5, 0.6) is 0 Å². The lowest BCUT2D eigenvalue weighted by Gasteiger charge is -2.26. The Morgan fingerprint density at radius 2 is 1.94 bits per heavy atom. The van der Waals surface area contributed by atoms with Crippen molar-refractivity contribution >= 4 is 17.3 Å². The average Bonchev–Trinajstić information content (AvgIpc) is 2.33. The van der Waals surface area contributed by atoms with E-state index in [2.05, 4.69) is 25.2 Å². The number of aryl methyl sites for hydroxylation is 1. The Morgan fingerprint density at radius 3 is 2.41 bits per heavy atom. The fourth-order valence-electron chi connectivity index (χ4n) is 2.12. The number of nitrogens with one attached hydrogen (secondary N) is 1. The molecule has 0 saturated carbocycles. The van der Waals surface area contributed by atoms with Crippen molar-refractivity contribution in [1.29, 1.82) is 0 Å². The second-order valence-corrected chi connectivity index (χ2v) is 4.93. The fraction of sp³-hybridized carbons (Fsp3) is 0.571. The number of hydrogen-bond donors (Lipinski definition) is 2. The molecule has 1 atom stereocenters. The summed E-state index contributed by atoms with van der Waals surface area (Å²) in [4.78, 5) is 0. The molecular formula is C14H23ClN2. The number of nitrogens with two attached hydrogens (primary N) is 1. The molecule has 0 spiro atoms. The van der Waals surface area contributed by atoms with Crippen molar-refractivity contribution in [2.24, 2.45) is 11.7 Å². The molecule has 0 radical (unpaired) electrons. The predicted octanol–water partition coefficient (Wildman–Crippen LogP) is 3.82. The summed E-state index contributed by atoms with van der Waals surface area (Å²) in [6.45, 7) is 7.08. The van der Waals surface area contributed by atoms with E-state index < -0.39 is 0 Å². The molecule has 1 rings (SSSR count). The van der Waals surface area contributed by atoms with Crippen LogP contribution in [0, 0.1) is 12.8 Å². The van der Waals surface area contributed by atoms with Crippen molar-refractivity contribution < 1.29 is 0 Å². The molecular weight excluding hydrogens is 232 g/mol. The van der Waals surface area contributed by atoms with Crippen molar-refractivity contribution in [2.45, 2.75) is 39.7 Å². The van der Waals surface area contributed by atoms with Gasteiger partial charge < -0.3 is 11.1 Å². The molecule has 1 aromatic carbocycles. The van der Waals surface area contributed by atoms with Crippen LogP contribution < -0.4 is 11.1 Å². The normalized spacial score (nSPS) is 12.8. The minimum atomic E-state index is 0.323. The third-order valence-electron chi connectivity index (χ3n) is 3.40. The molecule has 0 bridgehead atoms. The van der Waals surface area contributed by atoms with Gasteiger partial charge in [0.25, 0.3) is 0 Å². The molecule has 2 nitrogen and oxygen atoms in total. The molecule has 1 aromatic rings. The first kappa shape index (κ1) is 14.3. The van der Waals surface area contributed by atoms with Gasteiger partial charge in [-0.25, -0.2) is 0 Å². The van der Waals surface area contributed by atoms with Crippen molar-refractivity contribution in [1.82, 2.24) is 0 Å². The molecule has 0 fully saturated rings. The highest BCUT2D eigenvalue weighted by Crippen LogP contribution is 2.23. The Kier molecular flexibility index (Phi) is 5.79. The number of hydrogen-bond acceptors (Lipinski definition) is 2. The Balaban J connectivity index is 2.76. The molecule has 3 N–H and O–H groups in total. The lowest BCUT2D eigenvalue weighted by Crippen LogP contribution is -2.35. The van der Waals surface area contributed by atoms with E-state index in [9.17, 15) is 0 Å². The minimum Gasteiger partial charge on any atom is -0.381 e. The van der Waals surface area contributed by atoms with E-state index in [4.69, 9.17) is 17.3 Å². The fourth-order valence-corrected chi connectivity index (χ4v) is 2.30. The Hall–Kier alpha value is -0.730. The molecule has 0 amide bonds. The van der Waals surface area contributed by atoms with Crippen molar-refractivity contribution in [3.8, 4) is 0 Å². The van der Waals surface area contributed by atoms with Crippen LogP contribution in [0.3, 0.4) is 0 Å². The Morgan fingerprint density at radius 1 is 1.29 bits per heavy atom. The van der Waals surface area contributed by atoms with E-state index in [-0.39, 0.29) is 0 Å². The first-order valence-electron chi connectivity index (χ1n) is 6.35. The van der Waals surface area contributed by atoms with Gasteiger partial charge in [-0.15, -0.1) is 0 Å². The number of anilines is 1. The van der Waals surface area contributed by atoms with E-state index in [0.29, 0.717) is 18.5 Å². The van der Waals surface area contributed by atoms with Gasteiger partial charge in [0.05, 0.1) is 0 Å². The SMILES string of the molecule is CCC(CC)C(CN)Nc1ccc(C)c(Cl)c1. The van der Waals surface area contributed by atoms with E-state index in [1.807, 2.05) is 19.1 Å². The van der Waals surface area contributed by atoms with Gasteiger partial charge in [-0.2, -0.15) is 0 Å². The largest absolute Gasteiger partial charge is 0.381 e. The maximum absolute atomic E-state index is 6.12. The van der Waals surface area contributed by atoms with Crippen LogP contribution in [0.4, 0.5) is 5.69 Å². The quantitative estimate of drug-likeness (QED) is 0.810. The maximum Gasteiger partial charge on any atom is 0.0455 e. The van der Waals surface area contributed by atoms with E-state index >= 15 is 0 Å². The molecule has 0 aromatic heterocycles. The Labute approximate surface area is 110 Å². The number of benzene rings is 1. The summed E-state index contributed by atoms with van der Waals surface area (Å²) in [5.41, 5.74) is 8.00. The highest BCUT2D eigenvalue weighted by atomic mass is 35.5. The predicted molar refractivity (Wildman–Crippen MR) is 76.7 cm³/mol. The van der Waals surface area contributed by atoms with Crippen LogP contribution in [0.15, 0.2) is 18.2 Å². The Bertz CT molecular complexity index is 348. The summed E-state index contributed by atoms with van der Waals surface area (Å²) in [5.74, 6) is 0.611. The standard InChI is InChI=1S/C14H23ClN2/c1-4-11(5-2)14(9-16)17-12-7-6-10(3)13(15)8-12/h6-8,11,14,17H,4-5,9,16H2,1-3H3. The zero-order valence-corrected chi connectivity index (χ0v) is 11.7. The lowest BCUT2D eigenvalue weighted by molar-refractivity contribution is 0.422. The van der Waals surface area contributed by atoms with Gasteiger partial charge in [-0.3, -0.25) is 0 Å². The van der Waals surface area contributed by atoms with Gasteiger partial charge in [0.15, 0.2) is 0 Å². The van der Waals surface area contributed by atoms with Crippen molar-refractivity contribution in [3.05, 3.63) is 28.8 Å².